The normalized spacial score (nSPS) is 10.1. The van der Waals surface area contributed by atoms with Crippen molar-refractivity contribution >= 4 is 23.3 Å². The molecule has 1 aromatic carbocycles. The minimum atomic E-state index is 0.372. The van der Waals surface area contributed by atoms with E-state index in [1.807, 2.05) is 47.8 Å². The lowest BCUT2D eigenvalue weighted by Gasteiger charge is -2.17. The number of hydroxylamine groups is 2. The molecule has 98 valence electrons. The summed E-state index contributed by atoms with van der Waals surface area (Å²) in [5, 5.41) is 3.26. The van der Waals surface area contributed by atoms with E-state index in [2.05, 4.69) is 6.58 Å². The van der Waals surface area contributed by atoms with Gasteiger partial charge in [0.25, 0.3) is 0 Å². The molecular weight excluding hydrogens is 258 g/mol. The third kappa shape index (κ3) is 4.05. The summed E-state index contributed by atoms with van der Waals surface area (Å²) in [6.45, 7) is 4.71. The quantitative estimate of drug-likeness (QED) is 0.572. The second kappa shape index (κ2) is 6.87. The predicted octanol–water partition coefficient (Wildman–Crippen LogP) is 3.35. The minimum absolute atomic E-state index is 0.372. The topological polar surface area (TPSA) is 29.5 Å². The molecule has 0 aliphatic carbocycles. The van der Waals surface area contributed by atoms with Crippen LogP contribution < -0.4 is 0 Å². The summed E-state index contributed by atoms with van der Waals surface area (Å²) < 4.78 is 0. The molecule has 0 aliphatic heterocycles. The third-order valence-corrected chi connectivity index (χ3v) is 3.55. The van der Waals surface area contributed by atoms with Gasteiger partial charge in [0.2, 0.25) is 6.41 Å². The van der Waals surface area contributed by atoms with Crippen molar-refractivity contribution in [2.24, 2.45) is 0 Å². The summed E-state index contributed by atoms with van der Waals surface area (Å²) in [7, 11) is 0. The Kier molecular flexibility index (Phi) is 4.89. The molecular formula is C15H15NO2S. The number of nitrogens with zero attached hydrogens (tertiary/aromatic N) is 1. The van der Waals surface area contributed by atoms with E-state index in [4.69, 9.17) is 4.84 Å². The van der Waals surface area contributed by atoms with Gasteiger partial charge < -0.3 is 0 Å². The number of benzene rings is 1. The van der Waals surface area contributed by atoms with Crippen molar-refractivity contribution < 1.29 is 9.63 Å². The number of rotatable bonds is 7. The van der Waals surface area contributed by atoms with Crippen LogP contribution >= 0.6 is 11.3 Å². The van der Waals surface area contributed by atoms with Gasteiger partial charge in [0, 0.05) is 4.88 Å². The van der Waals surface area contributed by atoms with E-state index < -0.39 is 0 Å². The Morgan fingerprint density at radius 1 is 1.26 bits per heavy atom. The molecule has 0 bridgehead atoms. The van der Waals surface area contributed by atoms with Gasteiger partial charge in [-0.3, -0.25) is 9.63 Å². The smallest absolute Gasteiger partial charge is 0.233 e. The Labute approximate surface area is 116 Å². The van der Waals surface area contributed by atoms with Gasteiger partial charge >= 0.3 is 0 Å². The summed E-state index contributed by atoms with van der Waals surface area (Å²) in [6.07, 6.45) is 0.682. The lowest BCUT2D eigenvalue weighted by atomic mass is 10.2. The fourth-order valence-corrected chi connectivity index (χ4v) is 2.28. The highest BCUT2D eigenvalue weighted by atomic mass is 32.1. The average Bonchev–Trinajstić information content (AvgIpc) is 2.98. The Morgan fingerprint density at radius 2 is 2.05 bits per heavy atom. The molecule has 0 atom stereocenters. The van der Waals surface area contributed by atoms with Gasteiger partial charge in [0.1, 0.15) is 6.61 Å². The molecule has 2 rings (SSSR count). The number of carbonyl (C=O) groups excluding carboxylic acids is 1. The number of carbonyl (C=O) groups is 1. The van der Waals surface area contributed by atoms with Crippen LogP contribution in [0.4, 0.5) is 0 Å². The van der Waals surface area contributed by atoms with E-state index >= 15 is 0 Å². The van der Waals surface area contributed by atoms with E-state index in [1.54, 1.807) is 11.3 Å². The van der Waals surface area contributed by atoms with Gasteiger partial charge in [-0.15, -0.1) is 11.3 Å². The highest BCUT2D eigenvalue weighted by Gasteiger charge is 2.07. The summed E-state index contributed by atoms with van der Waals surface area (Å²) in [6, 6.07) is 13.7. The zero-order valence-corrected chi connectivity index (χ0v) is 11.3. The molecule has 0 saturated carbocycles. The fraction of sp³-hybridized carbons (Fsp3) is 0.133. The van der Waals surface area contributed by atoms with E-state index in [0.29, 0.717) is 19.6 Å². The Balaban J connectivity index is 1.87. The zero-order valence-electron chi connectivity index (χ0n) is 10.5. The largest absolute Gasteiger partial charge is 0.276 e. The zero-order chi connectivity index (χ0) is 13.5. The van der Waals surface area contributed by atoms with Gasteiger partial charge in [-0.05, 0) is 22.6 Å². The number of hydrogen-bond donors (Lipinski definition) is 0. The van der Waals surface area contributed by atoms with Gasteiger partial charge in [-0.1, -0.05) is 43.0 Å². The van der Waals surface area contributed by atoms with Crippen LogP contribution in [0.5, 0.6) is 0 Å². The van der Waals surface area contributed by atoms with Crippen LogP contribution in [0.2, 0.25) is 0 Å². The molecule has 0 fully saturated rings. The van der Waals surface area contributed by atoms with Crippen molar-refractivity contribution in [2.75, 3.05) is 6.54 Å². The van der Waals surface area contributed by atoms with Crippen LogP contribution in [0.3, 0.4) is 0 Å². The summed E-state index contributed by atoms with van der Waals surface area (Å²) in [5.41, 5.74) is 1.89. The standard InChI is InChI=1S/C15H15NO2S/c1-13(15-8-5-9-19-15)10-16(12-17)18-11-14-6-3-2-4-7-14/h2-9,12H,1,10-11H2. The van der Waals surface area contributed by atoms with Crippen molar-refractivity contribution in [1.29, 1.82) is 0 Å². The molecule has 2 aromatic rings. The van der Waals surface area contributed by atoms with Gasteiger partial charge in [0.05, 0.1) is 6.54 Å². The molecule has 0 spiro atoms. The number of amides is 1. The molecule has 0 radical (unpaired) electrons. The third-order valence-electron chi connectivity index (χ3n) is 2.57. The summed E-state index contributed by atoms with van der Waals surface area (Å²) in [5.74, 6) is 0. The molecule has 3 nitrogen and oxygen atoms in total. The van der Waals surface area contributed by atoms with Crippen LogP contribution in [0.25, 0.3) is 5.57 Å². The van der Waals surface area contributed by atoms with Crippen LogP contribution in [-0.2, 0) is 16.2 Å². The Bertz CT molecular complexity index is 522. The van der Waals surface area contributed by atoms with E-state index in [0.717, 1.165) is 16.0 Å². The first-order chi connectivity index (χ1) is 9.29. The lowest BCUT2D eigenvalue weighted by Crippen LogP contribution is -2.23. The fourth-order valence-electron chi connectivity index (χ4n) is 1.59. The van der Waals surface area contributed by atoms with Crippen molar-refractivity contribution in [2.45, 2.75) is 6.61 Å². The van der Waals surface area contributed by atoms with Gasteiger partial charge in [-0.25, -0.2) is 5.06 Å². The average molecular weight is 273 g/mol. The second-order valence-corrected chi connectivity index (χ2v) is 4.97. The molecule has 0 N–H and O–H groups in total. The number of thiophene rings is 1. The van der Waals surface area contributed by atoms with Gasteiger partial charge in [-0.2, -0.15) is 0 Å². The lowest BCUT2D eigenvalue weighted by molar-refractivity contribution is -0.172. The monoisotopic (exact) mass is 273 g/mol. The number of hydrogen-bond acceptors (Lipinski definition) is 3. The molecule has 0 saturated heterocycles. The minimum Gasteiger partial charge on any atom is -0.276 e. The first kappa shape index (κ1) is 13.5. The molecule has 0 aliphatic rings. The Morgan fingerprint density at radius 3 is 2.68 bits per heavy atom. The van der Waals surface area contributed by atoms with E-state index in [9.17, 15) is 4.79 Å². The van der Waals surface area contributed by atoms with Gasteiger partial charge in [0.15, 0.2) is 0 Å². The van der Waals surface area contributed by atoms with E-state index in [1.165, 1.54) is 5.06 Å². The van der Waals surface area contributed by atoms with Crippen molar-refractivity contribution in [1.82, 2.24) is 5.06 Å². The maximum Gasteiger partial charge on any atom is 0.233 e. The van der Waals surface area contributed by atoms with Crippen molar-refractivity contribution in [3.05, 3.63) is 64.9 Å². The molecule has 1 heterocycles. The predicted molar refractivity (Wildman–Crippen MR) is 77.4 cm³/mol. The van der Waals surface area contributed by atoms with Crippen LogP contribution in [0, 0.1) is 0 Å². The van der Waals surface area contributed by atoms with E-state index in [-0.39, 0.29) is 0 Å². The molecule has 1 aromatic heterocycles. The maximum absolute atomic E-state index is 11.0. The van der Waals surface area contributed by atoms with Crippen LogP contribution in [-0.4, -0.2) is 18.0 Å². The molecule has 4 heteroatoms. The summed E-state index contributed by atoms with van der Waals surface area (Å²) in [4.78, 5) is 17.5. The first-order valence-corrected chi connectivity index (χ1v) is 6.78. The highest BCUT2D eigenvalue weighted by Crippen LogP contribution is 2.19. The van der Waals surface area contributed by atoms with Crippen LogP contribution in [0.15, 0.2) is 54.4 Å². The molecule has 1 amide bonds. The SMILES string of the molecule is C=C(CN(C=O)OCc1ccccc1)c1cccs1. The second-order valence-electron chi connectivity index (χ2n) is 4.02. The Hall–Kier alpha value is -1.91. The van der Waals surface area contributed by atoms with Crippen LogP contribution in [0.1, 0.15) is 10.4 Å². The molecule has 19 heavy (non-hydrogen) atoms. The molecule has 0 unspecified atom stereocenters. The van der Waals surface area contributed by atoms with Crippen molar-refractivity contribution in [3.63, 3.8) is 0 Å². The summed E-state index contributed by atoms with van der Waals surface area (Å²) >= 11 is 1.60. The highest BCUT2D eigenvalue weighted by molar-refractivity contribution is 7.11. The van der Waals surface area contributed by atoms with Crippen molar-refractivity contribution in [3.8, 4) is 0 Å². The first-order valence-electron chi connectivity index (χ1n) is 5.90. The maximum atomic E-state index is 11.0.